The van der Waals surface area contributed by atoms with Crippen LogP contribution in [-0.4, -0.2) is 44.3 Å². The second kappa shape index (κ2) is 13.4. The molecule has 2 aliphatic rings. The summed E-state index contributed by atoms with van der Waals surface area (Å²) in [6.45, 7) is 2.92. The van der Waals surface area contributed by atoms with Gasteiger partial charge in [-0.2, -0.15) is 0 Å². The van der Waals surface area contributed by atoms with E-state index < -0.39 is 6.03 Å². The molecule has 3 N–H and O–H groups in total. The highest BCUT2D eigenvalue weighted by molar-refractivity contribution is 6.44. The largest absolute Gasteiger partial charge is 0.376 e. The lowest BCUT2D eigenvalue weighted by Gasteiger charge is -2.35. The maximum atomic E-state index is 13.4. The van der Waals surface area contributed by atoms with Crippen molar-refractivity contribution in [3.05, 3.63) is 87.9 Å². The highest BCUT2D eigenvalue weighted by Gasteiger charge is 2.25. The summed E-state index contributed by atoms with van der Waals surface area (Å²) in [5, 5.41) is 9.20. The summed E-state index contributed by atoms with van der Waals surface area (Å²) in [5.74, 6) is 0.428. The van der Waals surface area contributed by atoms with Gasteiger partial charge in [-0.25, -0.2) is 4.79 Å². The first-order chi connectivity index (χ1) is 19.5. The first-order valence-corrected chi connectivity index (χ1v) is 14.6. The van der Waals surface area contributed by atoms with Gasteiger partial charge >= 0.3 is 6.03 Å². The summed E-state index contributed by atoms with van der Waals surface area (Å²) < 4.78 is 5.69. The first-order valence-electron chi connectivity index (χ1n) is 13.8. The fourth-order valence-corrected chi connectivity index (χ4v) is 5.74. The monoisotopic (exact) mass is 580 g/mol. The predicted molar refractivity (Wildman–Crippen MR) is 162 cm³/mol. The Kier molecular flexibility index (Phi) is 9.47. The Balaban J connectivity index is 1.29. The van der Waals surface area contributed by atoms with Crippen molar-refractivity contribution in [1.29, 1.82) is 0 Å². The third-order valence-electron chi connectivity index (χ3n) is 7.54. The van der Waals surface area contributed by atoms with Crippen LogP contribution in [0.2, 0.25) is 10.0 Å². The van der Waals surface area contributed by atoms with E-state index >= 15 is 0 Å². The number of urea groups is 1. The lowest BCUT2D eigenvalue weighted by Crippen LogP contribution is -2.37. The number of hydrogen-bond acceptors (Lipinski definition) is 4. The van der Waals surface area contributed by atoms with Crippen molar-refractivity contribution < 1.29 is 14.3 Å². The molecule has 2 heterocycles. The minimum atomic E-state index is -0.482. The van der Waals surface area contributed by atoms with Gasteiger partial charge in [-0.15, -0.1) is 0 Å². The maximum Gasteiger partial charge on any atom is 0.323 e. The molecule has 2 fully saturated rings. The standard InChI is InChI=1S/C31H34Cl2N4O3/c32-26-9-4-10-27(29(26)33)36-31(39)35-23-11-12-28(25(19-23)30(38)34-20-24-8-5-17-40-24)37-15-13-22(14-16-37)18-21-6-2-1-3-7-21/h1-4,6-7,9-12,19,22,24H,5,8,13-18,20H2,(H,34,38)(H2,35,36,39)/t24-/m0/s1. The molecule has 1 atom stereocenters. The van der Waals surface area contributed by atoms with E-state index in [1.807, 2.05) is 18.2 Å². The van der Waals surface area contributed by atoms with Gasteiger partial charge in [0, 0.05) is 37.6 Å². The van der Waals surface area contributed by atoms with Crippen LogP contribution >= 0.6 is 23.2 Å². The molecule has 0 bridgehead atoms. The Labute approximate surface area is 245 Å². The maximum absolute atomic E-state index is 13.4. The average molecular weight is 582 g/mol. The van der Waals surface area contributed by atoms with E-state index in [9.17, 15) is 9.59 Å². The molecule has 0 spiro atoms. The number of hydrogen-bond donors (Lipinski definition) is 3. The fourth-order valence-electron chi connectivity index (χ4n) is 5.39. The molecule has 3 amide bonds. The Bertz CT molecular complexity index is 1320. The van der Waals surface area contributed by atoms with Crippen LogP contribution in [0.4, 0.5) is 21.9 Å². The van der Waals surface area contributed by atoms with Crippen molar-refractivity contribution in [2.24, 2.45) is 5.92 Å². The van der Waals surface area contributed by atoms with Crippen molar-refractivity contribution in [1.82, 2.24) is 5.32 Å². The highest BCUT2D eigenvalue weighted by Crippen LogP contribution is 2.32. The lowest BCUT2D eigenvalue weighted by molar-refractivity contribution is 0.0858. The summed E-state index contributed by atoms with van der Waals surface area (Å²) >= 11 is 12.3. The topological polar surface area (TPSA) is 82.7 Å². The Morgan fingerprint density at radius 3 is 2.48 bits per heavy atom. The van der Waals surface area contributed by atoms with E-state index in [2.05, 4.69) is 45.1 Å². The number of nitrogens with zero attached hydrogens (tertiary/aromatic N) is 1. The summed E-state index contributed by atoms with van der Waals surface area (Å²) in [6.07, 6.45) is 5.15. The van der Waals surface area contributed by atoms with Crippen LogP contribution in [0.5, 0.6) is 0 Å². The number of carbonyl (C=O) groups excluding carboxylic acids is 2. The molecule has 7 nitrogen and oxygen atoms in total. The first kappa shape index (κ1) is 28.3. The molecule has 3 aromatic rings. The van der Waals surface area contributed by atoms with E-state index in [0.29, 0.717) is 34.4 Å². The van der Waals surface area contributed by atoms with Crippen molar-refractivity contribution in [2.75, 3.05) is 41.8 Å². The number of rotatable bonds is 8. The minimum Gasteiger partial charge on any atom is -0.376 e. The van der Waals surface area contributed by atoms with Crippen LogP contribution in [0, 0.1) is 5.92 Å². The lowest BCUT2D eigenvalue weighted by atomic mass is 9.89. The molecule has 0 unspecified atom stereocenters. The van der Waals surface area contributed by atoms with E-state index in [1.165, 1.54) is 5.56 Å². The fraction of sp³-hybridized carbons (Fsp3) is 0.355. The third kappa shape index (κ3) is 7.27. The molecule has 40 heavy (non-hydrogen) atoms. The van der Waals surface area contributed by atoms with Crippen LogP contribution in [0.1, 0.15) is 41.6 Å². The molecule has 0 saturated carbocycles. The Hall–Kier alpha value is -3.26. The predicted octanol–water partition coefficient (Wildman–Crippen LogP) is 7.01. The van der Waals surface area contributed by atoms with Gasteiger partial charge in [0.05, 0.1) is 27.4 Å². The van der Waals surface area contributed by atoms with Gasteiger partial charge in [0.25, 0.3) is 5.91 Å². The summed E-state index contributed by atoms with van der Waals surface area (Å²) in [4.78, 5) is 28.5. The molecule has 2 aliphatic heterocycles. The molecule has 0 aromatic heterocycles. The number of carbonyl (C=O) groups is 2. The van der Waals surface area contributed by atoms with E-state index in [1.54, 1.807) is 24.3 Å². The zero-order chi connectivity index (χ0) is 27.9. The van der Waals surface area contributed by atoms with E-state index in [0.717, 1.165) is 57.5 Å². The molecular formula is C31H34Cl2N4O3. The van der Waals surface area contributed by atoms with Gasteiger partial charge in [-0.1, -0.05) is 59.6 Å². The van der Waals surface area contributed by atoms with Gasteiger partial charge in [-0.05, 0) is 73.9 Å². The van der Waals surface area contributed by atoms with Crippen LogP contribution in [0.25, 0.3) is 0 Å². The second-order valence-corrected chi connectivity index (χ2v) is 11.2. The normalized spacial score (nSPS) is 17.4. The van der Waals surface area contributed by atoms with Crippen molar-refractivity contribution in [3.8, 4) is 0 Å². The van der Waals surface area contributed by atoms with Gasteiger partial charge in [0.2, 0.25) is 0 Å². The van der Waals surface area contributed by atoms with Crippen LogP contribution in [0.3, 0.4) is 0 Å². The second-order valence-electron chi connectivity index (χ2n) is 10.4. The number of halogens is 2. The zero-order valence-electron chi connectivity index (χ0n) is 22.3. The Morgan fingerprint density at radius 1 is 0.925 bits per heavy atom. The summed E-state index contributed by atoms with van der Waals surface area (Å²) in [5.41, 5.74) is 3.66. The number of anilines is 3. The average Bonchev–Trinajstić information content (AvgIpc) is 3.49. The van der Waals surface area contributed by atoms with Crippen LogP contribution in [-0.2, 0) is 11.2 Å². The molecule has 5 rings (SSSR count). The van der Waals surface area contributed by atoms with Gasteiger partial charge in [0.15, 0.2) is 0 Å². The molecule has 2 saturated heterocycles. The van der Waals surface area contributed by atoms with E-state index in [4.69, 9.17) is 27.9 Å². The smallest absolute Gasteiger partial charge is 0.323 e. The zero-order valence-corrected chi connectivity index (χ0v) is 23.8. The third-order valence-corrected chi connectivity index (χ3v) is 8.35. The molecule has 9 heteroatoms. The number of nitrogens with one attached hydrogen (secondary N) is 3. The quantitative estimate of drug-likeness (QED) is 0.268. The van der Waals surface area contributed by atoms with Crippen LogP contribution < -0.4 is 20.9 Å². The highest BCUT2D eigenvalue weighted by atomic mass is 35.5. The summed E-state index contributed by atoms with van der Waals surface area (Å²) in [6, 6.07) is 20.6. The van der Waals surface area contributed by atoms with E-state index in [-0.39, 0.29) is 17.0 Å². The van der Waals surface area contributed by atoms with Gasteiger partial charge in [0.1, 0.15) is 0 Å². The number of amides is 3. The number of piperidine rings is 1. The molecular weight excluding hydrogens is 547 g/mol. The minimum absolute atomic E-state index is 0.0376. The summed E-state index contributed by atoms with van der Waals surface area (Å²) in [7, 11) is 0. The molecule has 0 radical (unpaired) electrons. The molecule has 210 valence electrons. The number of benzene rings is 3. The molecule has 0 aliphatic carbocycles. The number of ether oxygens (including phenoxy) is 1. The SMILES string of the molecule is O=C(Nc1ccc(N2CCC(Cc3ccccc3)CC2)c(C(=O)NC[C@@H]2CCCO2)c1)Nc1cccc(Cl)c1Cl. The van der Waals surface area contributed by atoms with Crippen molar-refractivity contribution >= 4 is 52.2 Å². The van der Waals surface area contributed by atoms with Gasteiger partial charge < -0.3 is 25.6 Å². The Morgan fingerprint density at radius 2 is 1.73 bits per heavy atom. The van der Waals surface area contributed by atoms with Crippen molar-refractivity contribution in [3.63, 3.8) is 0 Å². The molecule has 3 aromatic carbocycles. The van der Waals surface area contributed by atoms with Gasteiger partial charge in [-0.3, -0.25) is 4.79 Å². The van der Waals surface area contributed by atoms with Crippen LogP contribution in [0.15, 0.2) is 66.7 Å². The van der Waals surface area contributed by atoms with Crippen molar-refractivity contribution in [2.45, 2.75) is 38.2 Å².